The third-order valence-corrected chi connectivity index (χ3v) is 3.54. The summed E-state index contributed by atoms with van der Waals surface area (Å²) >= 11 is 0. The maximum atomic E-state index is 11.2. The van der Waals surface area contributed by atoms with Crippen molar-refractivity contribution in [3.05, 3.63) is 64.3 Å². The van der Waals surface area contributed by atoms with E-state index in [9.17, 15) is 4.79 Å². The van der Waals surface area contributed by atoms with E-state index in [-0.39, 0.29) is 11.7 Å². The average Bonchev–Trinajstić information content (AvgIpc) is 2.38. The van der Waals surface area contributed by atoms with Gasteiger partial charge in [0.1, 0.15) is 0 Å². The van der Waals surface area contributed by atoms with Crippen molar-refractivity contribution in [2.45, 2.75) is 31.5 Å². The van der Waals surface area contributed by atoms with Crippen LogP contribution in [0.15, 0.2) is 47.5 Å². The highest BCUT2D eigenvalue weighted by atomic mass is 16.5. The van der Waals surface area contributed by atoms with E-state index in [1.54, 1.807) is 6.07 Å². The third-order valence-electron chi connectivity index (χ3n) is 3.54. The monoisotopic (exact) mass is 256 g/mol. The van der Waals surface area contributed by atoms with Crippen LogP contribution < -0.4 is 5.56 Å². The molecule has 3 rings (SSSR count). The standard InChI is InChI=1S/C15H16N2O2/c18-15-8-14(16-10-17-15)12-6-13(7-12)19-9-11-4-2-1-3-5-11/h1-5,8,10,12-13H,6-7,9H2,(H,16,17,18). The van der Waals surface area contributed by atoms with E-state index in [1.165, 1.54) is 11.9 Å². The van der Waals surface area contributed by atoms with Crippen molar-refractivity contribution in [3.8, 4) is 0 Å². The van der Waals surface area contributed by atoms with Crippen molar-refractivity contribution in [2.24, 2.45) is 0 Å². The Labute approximate surface area is 111 Å². The van der Waals surface area contributed by atoms with Crippen LogP contribution in [0.4, 0.5) is 0 Å². The maximum Gasteiger partial charge on any atom is 0.250 e. The average molecular weight is 256 g/mol. The van der Waals surface area contributed by atoms with Crippen LogP contribution in [0.5, 0.6) is 0 Å². The Hall–Kier alpha value is -1.94. The van der Waals surface area contributed by atoms with Crippen LogP contribution in [0, 0.1) is 0 Å². The van der Waals surface area contributed by atoms with Gasteiger partial charge >= 0.3 is 0 Å². The molecule has 1 aromatic heterocycles. The first kappa shape index (κ1) is 12.1. The molecule has 1 saturated carbocycles. The summed E-state index contributed by atoms with van der Waals surface area (Å²) in [7, 11) is 0. The van der Waals surface area contributed by atoms with Gasteiger partial charge in [-0.2, -0.15) is 0 Å². The van der Waals surface area contributed by atoms with Crippen molar-refractivity contribution in [3.63, 3.8) is 0 Å². The number of aromatic amines is 1. The summed E-state index contributed by atoms with van der Waals surface area (Å²) in [5.74, 6) is 0.364. The molecule has 4 nitrogen and oxygen atoms in total. The molecule has 1 aliphatic carbocycles. The number of nitrogens with one attached hydrogen (secondary N) is 1. The van der Waals surface area contributed by atoms with Crippen LogP contribution in [0.3, 0.4) is 0 Å². The second-order valence-electron chi connectivity index (χ2n) is 4.92. The molecule has 98 valence electrons. The van der Waals surface area contributed by atoms with Crippen LogP contribution in [-0.4, -0.2) is 16.1 Å². The molecular formula is C15H16N2O2. The lowest BCUT2D eigenvalue weighted by Crippen LogP contribution is -2.30. The van der Waals surface area contributed by atoms with Crippen molar-refractivity contribution in [1.82, 2.24) is 9.97 Å². The van der Waals surface area contributed by atoms with Crippen molar-refractivity contribution in [2.75, 3.05) is 0 Å². The zero-order valence-corrected chi connectivity index (χ0v) is 10.6. The second-order valence-corrected chi connectivity index (χ2v) is 4.92. The SMILES string of the molecule is O=c1cc(C2CC(OCc3ccccc3)C2)nc[nH]1. The van der Waals surface area contributed by atoms with E-state index in [0.29, 0.717) is 12.5 Å². The molecule has 0 unspecified atom stereocenters. The number of hydrogen-bond donors (Lipinski definition) is 1. The fraction of sp³-hybridized carbons (Fsp3) is 0.333. The molecule has 4 heteroatoms. The molecule has 0 saturated heterocycles. The summed E-state index contributed by atoms with van der Waals surface area (Å²) in [6, 6.07) is 11.7. The minimum atomic E-state index is -0.0846. The molecule has 2 aromatic rings. The normalized spacial score (nSPS) is 21.9. The van der Waals surface area contributed by atoms with E-state index < -0.39 is 0 Å². The first-order valence-electron chi connectivity index (χ1n) is 6.51. The van der Waals surface area contributed by atoms with Gasteiger partial charge in [0.05, 0.1) is 24.7 Å². The molecule has 0 spiro atoms. The van der Waals surface area contributed by atoms with E-state index in [4.69, 9.17) is 4.74 Å². The Morgan fingerprint density at radius 1 is 1.26 bits per heavy atom. The number of H-pyrrole nitrogens is 1. The van der Waals surface area contributed by atoms with Gasteiger partial charge < -0.3 is 9.72 Å². The van der Waals surface area contributed by atoms with Gasteiger partial charge in [-0.1, -0.05) is 30.3 Å². The molecular weight excluding hydrogens is 240 g/mol. The summed E-state index contributed by atoms with van der Waals surface area (Å²) in [6.45, 7) is 0.654. The van der Waals surface area contributed by atoms with Crippen LogP contribution in [0.1, 0.15) is 30.0 Å². The summed E-state index contributed by atoms with van der Waals surface area (Å²) in [4.78, 5) is 17.9. The lowest BCUT2D eigenvalue weighted by atomic mass is 9.80. The smallest absolute Gasteiger partial charge is 0.250 e. The third kappa shape index (κ3) is 2.90. The van der Waals surface area contributed by atoms with E-state index in [1.807, 2.05) is 18.2 Å². The Morgan fingerprint density at radius 2 is 2.05 bits per heavy atom. The first-order valence-corrected chi connectivity index (χ1v) is 6.51. The van der Waals surface area contributed by atoms with Gasteiger partial charge in [-0.3, -0.25) is 4.79 Å². The zero-order valence-electron chi connectivity index (χ0n) is 10.6. The highest BCUT2D eigenvalue weighted by Crippen LogP contribution is 2.37. The highest BCUT2D eigenvalue weighted by Gasteiger charge is 2.32. The minimum absolute atomic E-state index is 0.0846. The summed E-state index contributed by atoms with van der Waals surface area (Å²) in [5, 5.41) is 0. The van der Waals surface area contributed by atoms with Gasteiger partial charge in [-0.15, -0.1) is 0 Å². The fourth-order valence-corrected chi connectivity index (χ4v) is 2.34. The Morgan fingerprint density at radius 3 is 2.79 bits per heavy atom. The van der Waals surface area contributed by atoms with Crippen molar-refractivity contribution >= 4 is 0 Å². The van der Waals surface area contributed by atoms with E-state index in [2.05, 4.69) is 22.1 Å². The summed E-state index contributed by atoms with van der Waals surface area (Å²) in [5.41, 5.74) is 1.99. The molecule has 1 N–H and O–H groups in total. The van der Waals surface area contributed by atoms with Crippen LogP contribution >= 0.6 is 0 Å². The van der Waals surface area contributed by atoms with Crippen LogP contribution in [0.2, 0.25) is 0 Å². The molecule has 0 aliphatic heterocycles. The number of benzene rings is 1. The lowest BCUT2D eigenvalue weighted by Gasteiger charge is -2.34. The number of ether oxygens (including phenoxy) is 1. The van der Waals surface area contributed by atoms with Crippen LogP contribution in [0.25, 0.3) is 0 Å². The van der Waals surface area contributed by atoms with Crippen molar-refractivity contribution < 1.29 is 4.74 Å². The first-order chi connectivity index (χ1) is 9.31. The molecule has 1 heterocycles. The minimum Gasteiger partial charge on any atom is -0.373 e. The van der Waals surface area contributed by atoms with E-state index >= 15 is 0 Å². The number of rotatable bonds is 4. The lowest BCUT2D eigenvalue weighted by molar-refractivity contribution is -0.0215. The maximum absolute atomic E-state index is 11.2. The summed E-state index contributed by atoms with van der Waals surface area (Å²) < 4.78 is 5.83. The van der Waals surface area contributed by atoms with E-state index in [0.717, 1.165) is 18.5 Å². The number of aromatic nitrogens is 2. The topological polar surface area (TPSA) is 55.0 Å². The second kappa shape index (κ2) is 5.36. The molecule has 0 atom stereocenters. The predicted octanol–water partition coefficient (Wildman–Crippen LogP) is 2.23. The van der Waals surface area contributed by atoms with Crippen LogP contribution in [-0.2, 0) is 11.3 Å². The van der Waals surface area contributed by atoms with Crippen molar-refractivity contribution in [1.29, 1.82) is 0 Å². The van der Waals surface area contributed by atoms with Gasteiger partial charge in [0.15, 0.2) is 0 Å². The Balaban J connectivity index is 1.49. The molecule has 0 radical (unpaired) electrons. The molecule has 1 aromatic carbocycles. The largest absolute Gasteiger partial charge is 0.373 e. The molecule has 1 fully saturated rings. The van der Waals surface area contributed by atoms with Gasteiger partial charge in [0, 0.05) is 12.0 Å². The molecule has 0 bridgehead atoms. The zero-order chi connectivity index (χ0) is 13.1. The number of nitrogens with zero attached hydrogens (tertiary/aromatic N) is 1. The predicted molar refractivity (Wildman–Crippen MR) is 71.9 cm³/mol. The molecule has 0 amide bonds. The highest BCUT2D eigenvalue weighted by molar-refractivity contribution is 5.14. The number of hydrogen-bond acceptors (Lipinski definition) is 3. The molecule has 1 aliphatic rings. The van der Waals surface area contributed by atoms with Gasteiger partial charge in [0.25, 0.3) is 5.56 Å². The summed E-state index contributed by atoms with van der Waals surface area (Å²) in [6.07, 6.45) is 3.65. The quantitative estimate of drug-likeness (QED) is 0.912. The Bertz CT molecular complexity index is 588. The van der Waals surface area contributed by atoms with Gasteiger partial charge in [0.2, 0.25) is 0 Å². The van der Waals surface area contributed by atoms with Gasteiger partial charge in [-0.25, -0.2) is 4.98 Å². The molecule has 19 heavy (non-hydrogen) atoms. The van der Waals surface area contributed by atoms with Gasteiger partial charge in [-0.05, 0) is 18.4 Å². The Kier molecular flexibility index (Phi) is 3.42. The fourth-order valence-electron chi connectivity index (χ4n) is 2.34.